The molecule has 1 saturated carbocycles. The molecule has 1 aliphatic carbocycles. The number of anilines is 1. The Morgan fingerprint density at radius 1 is 1.11 bits per heavy atom. The fourth-order valence-electron chi connectivity index (χ4n) is 5.06. The van der Waals surface area contributed by atoms with E-state index in [-0.39, 0.29) is 6.04 Å². The molecule has 6 rings (SSSR count). The van der Waals surface area contributed by atoms with E-state index in [0.29, 0.717) is 58.8 Å². The van der Waals surface area contributed by atoms with E-state index in [9.17, 15) is 9.59 Å². The lowest BCUT2D eigenvalue weighted by Crippen LogP contribution is -2.29. The number of nitrogen functional groups attached to an aromatic ring is 1. The van der Waals surface area contributed by atoms with Crippen LogP contribution in [0.3, 0.4) is 0 Å². The number of nitrogens with zero attached hydrogens (tertiary/aromatic N) is 5. The zero-order chi connectivity index (χ0) is 26.4. The number of aromatic nitrogens is 5. The number of thiophene rings is 1. The molecular formula is C26H22ClN7O3S. The highest BCUT2D eigenvalue weighted by atomic mass is 35.5. The Morgan fingerprint density at radius 3 is 2.66 bits per heavy atom. The second-order valence-electron chi connectivity index (χ2n) is 9.19. The first-order chi connectivity index (χ1) is 18.4. The molecule has 0 atom stereocenters. The molecule has 4 heterocycles. The topological polar surface area (TPSA) is 152 Å². The van der Waals surface area contributed by atoms with Gasteiger partial charge in [0.1, 0.15) is 17.8 Å². The van der Waals surface area contributed by atoms with Gasteiger partial charge in [0.2, 0.25) is 0 Å². The molecule has 1 aromatic carbocycles. The summed E-state index contributed by atoms with van der Waals surface area (Å²) >= 11 is 8.40. The summed E-state index contributed by atoms with van der Waals surface area (Å²) in [7, 11) is 0. The SMILES string of the molecule is NC(=O)OC(=O)C1CCC(n2nc(-c3cc4nc(-c5cccs5)ccc4cc3Cl)c3c(N)ncnc32)CC1. The summed E-state index contributed by atoms with van der Waals surface area (Å²) in [6, 6.07) is 11.8. The number of hydrogen-bond donors (Lipinski definition) is 2. The quantitative estimate of drug-likeness (QED) is 0.225. The van der Waals surface area contributed by atoms with Crippen molar-refractivity contribution in [1.29, 1.82) is 0 Å². The molecule has 0 bridgehead atoms. The number of carbonyl (C=O) groups excluding carboxylic acids is 2. The Hall–Kier alpha value is -4.09. The molecule has 1 fully saturated rings. The van der Waals surface area contributed by atoms with E-state index in [1.54, 1.807) is 11.3 Å². The van der Waals surface area contributed by atoms with Gasteiger partial charge in [-0.2, -0.15) is 5.10 Å². The van der Waals surface area contributed by atoms with Gasteiger partial charge in [0, 0.05) is 10.9 Å². The maximum absolute atomic E-state index is 12.1. The average molecular weight is 548 g/mol. The van der Waals surface area contributed by atoms with Crippen LogP contribution in [0.5, 0.6) is 0 Å². The van der Waals surface area contributed by atoms with Crippen LogP contribution in [-0.4, -0.2) is 36.8 Å². The van der Waals surface area contributed by atoms with Gasteiger partial charge in [-0.05, 0) is 55.3 Å². The molecule has 5 aromatic rings. The van der Waals surface area contributed by atoms with Crippen molar-refractivity contribution < 1.29 is 14.3 Å². The van der Waals surface area contributed by atoms with E-state index in [4.69, 9.17) is 33.2 Å². The second kappa shape index (κ2) is 9.66. The van der Waals surface area contributed by atoms with Gasteiger partial charge in [0.15, 0.2) is 5.65 Å². The van der Waals surface area contributed by atoms with E-state index in [0.717, 1.165) is 21.5 Å². The van der Waals surface area contributed by atoms with E-state index < -0.39 is 18.0 Å². The number of benzene rings is 1. The molecule has 38 heavy (non-hydrogen) atoms. The number of pyridine rings is 1. The molecule has 12 heteroatoms. The van der Waals surface area contributed by atoms with Crippen molar-refractivity contribution in [3.8, 4) is 21.8 Å². The minimum absolute atomic E-state index is 0.0408. The molecule has 0 saturated heterocycles. The number of esters is 1. The Balaban J connectivity index is 1.40. The van der Waals surface area contributed by atoms with Crippen LogP contribution < -0.4 is 11.5 Å². The fourth-order valence-corrected chi connectivity index (χ4v) is 6.02. The fraction of sp³-hybridized carbons (Fsp3) is 0.231. The van der Waals surface area contributed by atoms with E-state index in [2.05, 4.69) is 14.7 Å². The van der Waals surface area contributed by atoms with Crippen molar-refractivity contribution in [2.24, 2.45) is 11.7 Å². The van der Waals surface area contributed by atoms with Gasteiger partial charge >= 0.3 is 12.1 Å². The standard InChI is InChI=1S/C26H22ClN7O3S/c27-17-10-14-5-8-18(20-2-1-9-38-20)32-19(14)11-16(17)22-21-23(28)30-12-31-24(21)34(33-22)15-6-3-13(4-7-15)25(35)37-26(29)36/h1-2,5,8-13,15H,3-4,6-7H2,(H2,29,36)(H2,28,30,31). The Labute approximate surface area is 225 Å². The molecular weight excluding hydrogens is 526 g/mol. The van der Waals surface area contributed by atoms with Gasteiger partial charge in [-0.15, -0.1) is 11.3 Å². The Morgan fingerprint density at radius 2 is 1.92 bits per heavy atom. The molecule has 4 aromatic heterocycles. The maximum Gasteiger partial charge on any atom is 0.412 e. The molecule has 10 nitrogen and oxygen atoms in total. The summed E-state index contributed by atoms with van der Waals surface area (Å²) in [4.78, 5) is 37.7. The van der Waals surface area contributed by atoms with Gasteiger partial charge < -0.3 is 16.2 Å². The van der Waals surface area contributed by atoms with Crippen LogP contribution in [-0.2, 0) is 9.53 Å². The van der Waals surface area contributed by atoms with Crippen molar-refractivity contribution in [3.63, 3.8) is 0 Å². The lowest BCUT2D eigenvalue weighted by Gasteiger charge is -2.27. The Bertz CT molecular complexity index is 1690. The van der Waals surface area contributed by atoms with Crippen molar-refractivity contribution in [1.82, 2.24) is 24.7 Å². The van der Waals surface area contributed by atoms with Crippen molar-refractivity contribution in [3.05, 3.63) is 53.1 Å². The summed E-state index contributed by atoms with van der Waals surface area (Å²) in [6.45, 7) is 0. The first-order valence-electron chi connectivity index (χ1n) is 12.0. The van der Waals surface area contributed by atoms with E-state index in [1.807, 2.05) is 46.5 Å². The molecule has 0 unspecified atom stereocenters. The first-order valence-corrected chi connectivity index (χ1v) is 13.3. The van der Waals surface area contributed by atoms with E-state index in [1.165, 1.54) is 6.33 Å². The number of nitrogens with two attached hydrogens (primary N) is 2. The van der Waals surface area contributed by atoms with Gasteiger partial charge in [-0.1, -0.05) is 23.7 Å². The highest BCUT2D eigenvalue weighted by Gasteiger charge is 2.31. The minimum Gasteiger partial charge on any atom is -0.383 e. The lowest BCUT2D eigenvalue weighted by molar-refractivity contribution is -0.143. The molecule has 0 radical (unpaired) electrons. The molecule has 0 spiro atoms. The zero-order valence-electron chi connectivity index (χ0n) is 20.0. The summed E-state index contributed by atoms with van der Waals surface area (Å²) in [5, 5.41) is 8.98. The number of hydrogen-bond acceptors (Lipinski definition) is 9. The largest absolute Gasteiger partial charge is 0.412 e. The summed E-state index contributed by atoms with van der Waals surface area (Å²) in [5.74, 6) is -0.685. The molecule has 4 N–H and O–H groups in total. The number of primary amides is 1. The molecule has 1 aliphatic rings. The lowest BCUT2D eigenvalue weighted by atomic mass is 9.86. The number of ether oxygens (including phenoxy) is 1. The van der Waals surface area contributed by atoms with Crippen LogP contribution >= 0.6 is 22.9 Å². The van der Waals surface area contributed by atoms with Crippen LogP contribution in [0.1, 0.15) is 31.7 Å². The second-order valence-corrected chi connectivity index (χ2v) is 10.5. The number of halogens is 1. The van der Waals surface area contributed by atoms with Crippen LogP contribution in [0.2, 0.25) is 5.02 Å². The predicted octanol–water partition coefficient (Wildman–Crippen LogP) is 5.36. The van der Waals surface area contributed by atoms with Gasteiger partial charge in [-0.25, -0.2) is 24.4 Å². The third-order valence-corrected chi connectivity index (χ3v) is 8.11. The summed E-state index contributed by atoms with van der Waals surface area (Å²) in [6.07, 6.45) is 2.65. The summed E-state index contributed by atoms with van der Waals surface area (Å²) in [5.41, 5.74) is 14.8. The van der Waals surface area contributed by atoms with Crippen LogP contribution in [0, 0.1) is 5.92 Å². The Kier molecular flexibility index (Phi) is 6.16. The van der Waals surface area contributed by atoms with Crippen LogP contribution in [0.4, 0.5) is 10.6 Å². The highest BCUT2D eigenvalue weighted by Crippen LogP contribution is 2.40. The minimum atomic E-state index is -1.09. The normalized spacial score (nSPS) is 17.6. The predicted molar refractivity (Wildman–Crippen MR) is 145 cm³/mol. The maximum atomic E-state index is 12.1. The average Bonchev–Trinajstić information content (AvgIpc) is 3.57. The van der Waals surface area contributed by atoms with Crippen molar-refractivity contribution in [2.75, 3.05) is 5.73 Å². The van der Waals surface area contributed by atoms with E-state index >= 15 is 0 Å². The third kappa shape index (κ3) is 4.33. The third-order valence-electron chi connectivity index (χ3n) is 6.90. The number of fused-ring (bicyclic) bond motifs is 2. The van der Waals surface area contributed by atoms with Crippen LogP contribution in [0.25, 0.3) is 43.8 Å². The van der Waals surface area contributed by atoms with Crippen LogP contribution in [0.15, 0.2) is 48.1 Å². The van der Waals surface area contributed by atoms with Crippen molar-refractivity contribution in [2.45, 2.75) is 31.7 Å². The monoisotopic (exact) mass is 547 g/mol. The molecule has 192 valence electrons. The molecule has 0 aliphatic heterocycles. The number of carbonyl (C=O) groups is 2. The van der Waals surface area contributed by atoms with Crippen molar-refractivity contribution >= 4 is 62.8 Å². The highest BCUT2D eigenvalue weighted by molar-refractivity contribution is 7.13. The van der Waals surface area contributed by atoms with Gasteiger partial charge in [-0.3, -0.25) is 4.79 Å². The number of rotatable bonds is 4. The first kappa shape index (κ1) is 24.3. The smallest absolute Gasteiger partial charge is 0.383 e. The van der Waals surface area contributed by atoms with Gasteiger partial charge in [0.25, 0.3) is 0 Å². The van der Waals surface area contributed by atoms with Gasteiger partial charge in [0.05, 0.1) is 38.5 Å². The molecule has 1 amide bonds. The summed E-state index contributed by atoms with van der Waals surface area (Å²) < 4.78 is 6.42. The number of amides is 1. The zero-order valence-corrected chi connectivity index (χ0v) is 21.6.